The van der Waals surface area contributed by atoms with Gasteiger partial charge in [-0.2, -0.15) is 0 Å². The molecule has 2 amide bonds. The fourth-order valence-corrected chi connectivity index (χ4v) is 4.30. The minimum absolute atomic E-state index is 0.0540. The zero-order chi connectivity index (χ0) is 17.6. The summed E-state index contributed by atoms with van der Waals surface area (Å²) in [5, 5.41) is 12.0. The van der Waals surface area contributed by atoms with Crippen LogP contribution in [0.5, 0.6) is 0 Å². The maximum atomic E-state index is 12.6. The Morgan fingerprint density at radius 2 is 2.04 bits per heavy atom. The van der Waals surface area contributed by atoms with E-state index in [4.69, 9.17) is 40.5 Å². The molecule has 1 aromatic carbocycles. The van der Waals surface area contributed by atoms with Gasteiger partial charge in [0.05, 0.1) is 27.6 Å². The highest BCUT2D eigenvalue weighted by Gasteiger charge is 2.39. The van der Waals surface area contributed by atoms with Gasteiger partial charge in [0.1, 0.15) is 4.32 Å². The van der Waals surface area contributed by atoms with Gasteiger partial charge < -0.3 is 10.4 Å². The average molecular weight is 403 g/mol. The molecule has 1 fully saturated rings. The van der Waals surface area contributed by atoms with Crippen LogP contribution in [-0.2, 0) is 14.4 Å². The molecule has 0 bridgehead atoms. The lowest BCUT2D eigenvalue weighted by atomic mass is 10.1. The van der Waals surface area contributed by atoms with Gasteiger partial charge in [0.15, 0.2) is 0 Å². The molecule has 0 aliphatic carbocycles. The van der Waals surface area contributed by atoms with Crippen LogP contribution in [0.15, 0.2) is 17.0 Å². The zero-order valence-corrected chi connectivity index (χ0v) is 14.9. The van der Waals surface area contributed by atoms with Crippen LogP contribution in [0.1, 0.15) is 12.0 Å². The molecule has 24 heavy (non-hydrogen) atoms. The van der Waals surface area contributed by atoms with Gasteiger partial charge in [0.25, 0.3) is 11.8 Å². The lowest BCUT2D eigenvalue weighted by Gasteiger charge is -2.12. The number of thiocarbonyl (C=S) groups is 1. The number of nitrogens with zero attached hydrogens (tertiary/aromatic N) is 1. The van der Waals surface area contributed by atoms with Crippen molar-refractivity contribution in [1.82, 2.24) is 4.90 Å². The second-order valence-electron chi connectivity index (χ2n) is 4.94. The first kappa shape index (κ1) is 17.2. The van der Waals surface area contributed by atoms with Gasteiger partial charge in [0.2, 0.25) is 0 Å². The van der Waals surface area contributed by atoms with E-state index in [1.54, 1.807) is 6.07 Å². The fourth-order valence-electron chi connectivity index (χ4n) is 2.37. The van der Waals surface area contributed by atoms with E-state index >= 15 is 0 Å². The Bertz CT molecular complexity index is 853. The quantitative estimate of drug-likeness (QED) is 0.596. The van der Waals surface area contributed by atoms with Crippen molar-refractivity contribution in [1.29, 1.82) is 0 Å². The van der Waals surface area contributed by atoms with Crippen molar-refractivity contribution in [3.63, 3.8) is 0 Å². The summed E-state index contributed by atoms with van der Waals surface area (Å²) in [6.07, 6.45) is -0.241. The molecule has 2 aliphatic heterocycles. The zero-order valence-electron chi connectivity index (χ0n) is 11.8. The number of fused-ring (bicyclic) bond motifs is 1. The molecule has 3 rings (SSSR count). The minimum atomic E-state index is -1.04. The van der Waals surface area contributed by atoms with E-state index in [0.29, 0.717) is 16.3 Å². The van der Waals surface area contributed by atoms with Crippen molar-refractivity contribution < 1.29 is 19.5 Å². The van der Waals surface area contributed by atoms with Crippen molar-refractivity contribution in [2.45, 2.75) is 6.42 Å². The molecule has 10 heteroatoms. The molecule has 0 saturated carbocycles. The number of carbonyl (C=O) groups is 3. The first-order valence-electron chi connectivity index (χ1n) is 6.60. The number of nitrogens with one attached hydrogen (secondary N) is 1. The second kappa shape index (κ2) is 6.36. The smallest absolute Gasteiger partial charge is 0.305 e. The third kappa shape index (κ3) is 2.90. The summed E-state index contributed by atoms with van der Waals surface area (Å²) < 4.78 is 0.207. The first-order chi connectivity index (χ1) is 11.3. The molecule has 0 atom stereocenters. The van der Waals surface area contributed by atoms with E-state index in [1.165, 1.54) is 11.0 Å². The number of rotatable bonds is 3. The summed E-state index contributed by atoms with van der Waals surface area (Å²) in [4.78, 5) is 36.9. The number of carbonyl (C=O) groups excluding carboxylic acids is 2. The van der Waals surface area contributed by atoms with Gasteiger partial charge in [-0.25, -0.2) is 0 Å². The van der Waals surface area contributed by atoms with Crippen LogP contribution in [0.3, 0.4) is 0 Å². The van der Waals surface area contributed by atoms with Crippen molar-refractivity contribution in [2.75, 3.05) is 11.9 Å². The molecular formula is C14H8Cl2N2O4S2. The molecule has 0 aromatic heterocycles. The van der Waals surface area contributed by atoms with Gasteiger partial charge in [-0.1, -0.05) is 47.2 Å². The Labute approximate surface area is 155 Å². The number of hydrogen-bond donors (Lipinski definition) is 2. The van der Waals surface area contributed by atoms with Crippen LogP contribution in [-0.4, -0.2) is 38.7 Å². The lowest BCUT2D eigenvalue weighted by molar-refractivity contribution is -0.137. The average Bonchev–Trinajstić information content (AvgIpc) is 2.94. The predicted molar refractivity (Wildman–Crippen MR) is 96.2 cm³/mol. The van der Waals surface area contributed by atoms with Crippen LogP contribution >= 0.6 is 47.2 Å². The molecular weight excluding hydrogens is 395 g/mol. The van der Waals surface area contributed by atoms with Gasteiger partial charge in [-0.3, -0.25) is 19.3 Å². The van der Waals surface area contributed by atoms with E-state index < -0.39 is 17.8 Å². The predicted octanol–water partition coefficient (Wildman–Crippen LogP) is 2.99. The Morgan fingerprint density at radius 1 is 1.33 bits per heavy atom. The largest absolute Gasteiger partial charge is 0.481 e. The summed E-state index contributed by atoms with van der Waals surface area (Å²) >= 11 is 18.1. The van der Waals surface area contributed by atoms with E-state index in [1.807, 2.05) is 0 Å². The standard InChI is InChI=1S/C14H8Cl2N2O4S2/c15-5-3-6-9(12(21)17-10(6)7(16)4-5)11-13(22)18(14(23)24-11)2-1-8(19)20/h3-4H,1-2H2,(H,17,21)(H,19,20)/b11-9+. The highest BCUT2D eigenvalue weighted by Crippen LogP contribution is 2.45. The Hall–Kier alpha value is -1.61. The van der Waals surface area contributed by atoms with E-state index in [2.05, 4.69) is 5.32 Å². The molecule has 1 saturated heterocycles. The molecule has 0 radical (unpaired) electrons. The Balaban J connectivity index is 2.05. The summed E-state index contributed by atoms with van der Waals surface area (Å²) in [7, 11) is 0. The second-order valence-corrected chi connectivity index (χ2v) is 7.42. The summed E-state index contributed by atoms with van der Waals surface area (Å²) in [5.74, 6) is -2.02. The van der Waals surface area contributed by atoms with Crippen molar-refractivity contribution in [3.8, 4) is 0 Å². The van der Waals surface area contributed by atoms with Crippen molar-refractivity contribution in [2.24, 2.45) is 0 Å². The number of carboxylic acid groups (broad SMARTS) is 1. The van der Waals surface area contributed by atoms with E-state index in [9.17, 15) is 14.4 Å². The van der Waals surface area contributed by atoms with Crippen LogP contribution in [0, 0.1) is 0 Å². The van der Waals surface area contributed by atoms with Crippen molar-refractivity contribution in [3.05, 3.63) is 32.6 Å². The van der Waals surface area contributed by atoms with Gasteiger partial charge in [-0.15, -0.1) is 0 Å². The van der Waals surface area contributed by atoms with Crippen LogP contribution in [0.2, 0.25) is 10.0 Å². The number of anilines is 1. The molecule has 2 aliphatic rings. The van der Waals surface area contributed by atoms with Gasteiger partial charge in [0, 0.05) is 17.1 Å². The molecule has 124 valence electrons. The summed E-state index contributed by atoms with van der Waals surface area (Å²) in [6.45, 7) is -0.0540. The number of aliphatic carboxylic acids is 1. The number of hydrogen-bond acceptors (Lipinski definition) is 5. The third-order valence-electron chi connectivity index (χ3n) is 3.42. The van der Waals surface area contributed by atoms with Crippen molar-refractivity contribution >= 4 is 80.5 Å². The molecule has 1 aromatic rings. The Kier molecular flexibility index (Phi) is 4.56. The normalized spacial score (nSPS) is 19.8. The summed E-state index contributed by atoms with van der Waals surface area (Å²) in [6, 6.07) is 3.03. The molecule has 0 unspecified atom stereocenters. The topological polar surface area (TPSA) is 86.7 Å². The molecule has 2 heterocycles. The fraction of sp³-hybridized carbons (Fsp3) is 0.143. The van der Waals surface area contributed by atoms with Crippen LogP contribution in [0.25, 0.3) is 5.57 Å². The SMILES string of the molecule is O=C(O)CCN1C(=O)/C(=C2\C(=O)Nc3c(Cl)cc(Cl)cc32)SC1=S. The van der Waals surface area contributed by atoms with Gasteiger partial charge >= 0.3 is 5.97 Å². The number of amides is 2. The van der Waals surface area contributed by atoms with E-state index in [0.717, 1.165) is 11.8 Å². The highest BCUT2D eigenvalue weighted by molar-refractivity contribution is 8.26. The number of benzene rings is 1. The number of thioether (sulfide) groups is 1. The first-order valence-corrected chi connectivity index (χ1v) is 8.58. The lowest BCUT2D eigenvalue weighted by Crippen LogP contribution is -2.30. The third-order valence-corrected chi connectivity index (χ3v) is 5.38. The molecule has 6 nitrogen and oxygen atoms in total. The maximum absolute atomic E-state index is 12.6. The molecule has 2 N–H and O–H groups in total. The summed E-state index contributed by atoms with van der Waals surface area (Å²) in [5.41, 5.74) is 0.956. The van der Waals surface area contributed by atoms with Crippen LogP contribution in [0.4, 0.5) is 5.69 Å². The van der Waals surface area contributed by atoms with Gasteiger partial charge in [-0.05, 0) is 12.1 Å². The molecule has 0 spiro atoms. The van der Waals surface area contributed by atoms with Crippen LogP contribution < -0.4 is 5.32 Å². The minimum Gasteiger partial charge on any atom is -0.481 e. The monoisotopic (exact) mass is 402 g/mol. The van der Waals surface area contributed by atoms with E-state index in [-0.39, 0.29) is 32.8 Å². The highest BCUT2D eigenvalue weighted by atomic mass is 35.5. The number of halogens is 2. The maximum Gasteiger partial charge on any atom is 0.305 e. The Morgan fingerprint density at radius 3 is 2.71 bits per heavy atom. The number of carboxylic acids is 1.